The molecule has 140 valence electrons. The Balaban J connectivity index is 1.73. The smallest absolute Gasteiger partial charge is 0.355 e. The van der Waals surface area contributed by atoms with Gasteiger partial charge >= 0.3 is 6.18 Å². The van der Waals surface area contributed by atoms with Crippen molar-refractivity contribution >= 4 is 17.4 Å². The number of nitriles is 1. The van der Waals surface area contributed by atoms with E-state index in [1.54, 1.807) is 24.3 Å². The van der Waals surface area contributed by atoms with Crippen LogP contribution in [0.1, 0.15) is 24.0 Å². The van der Waals surface area contributed by atoms with E-state index in [0.29, 0.717) is 30.6 Å². The molecule has 27 heavy (non-hydrogen) atoms. The third-order valence-corrected chi connectivity index (χ3v) is 4.47. The molecule has 0 saturated carbocycles. The zero-order valence-corrected chi connectivity index (χ0v) is 14.3. The summed E-state index contributed by atoms with van der Waals surface area (Å²) in [6.07, 6.45) is -1.99. The number of halogens is 3. The number of aromatic nitrogens is 1. The molecular weight excluding hydrogens is 357 g/mol. The lowest BCUT2D eigenvalue weighted by molar-refractivity contribution is -0.137. The Morgan fingerprint density at radius 1 is 1.26 bits per heavy atom. The predicted molar refractivity (Wildman–Crippen MR) is 94.0 cm³/mol. The van der Waals surface area contributed by atoms with E-state index in [2.05, 4.69) is 10.3 Å². The SMILES string of the molecule is N#Cc1ccc(NC(=O)C2CCCN(c3ncccc3C(F)(F)F)C2)cc1. The Hall–Kier alpha value is -3.08. The standard InChI is InChI=1S/C19H17F3N4O/c20-19(21,22)16-4-1-9-24-17(16)26-10-2-3-14(12-26)18(27)25-15-7-5-13(11-23)6-8-15/h1,4-9,14H,2-3,10,12H2,(H,25,27). The van der Waals surface area contributed by atoms with Crippen LogP contribution in [0, 0.1) is 17.2 Å². The van der Waals surface area contributed by atoms with E-state index in [-0.39, 0.29) is 18.3 Å². The molecule has 2 heterocycles. The highest BCUT2D eigenvalue weighted by atomic mass is 19.4. The van der Waals surface area contributed by atoms with Crippen LogP contribution in [0.5, 0.6) is 0 Å². The summed E-state index contributed by atoms with van der Waals surface area (Å²) in [5.41, 5.74) is 0.231. The topological polar surface area (TPSA) is 69.0 Å². The number of piperidine rings is 1. The fraction of sp³-hybridized carbons (Fsp3) is 0.316. The number of benzene rings is 1. The molecule has 3 rings (SSSR count). The molecule has 1 unspecified atom stereocenters. The van der Waals surface area contributed by atoms with E-state index in [0.717, 1.165) is 6.07 Å². The van der Waals surface area contributed by atoms with Crippen molar-refractivity contribution in [1.82, 2.24) is 4.98 Å². The number of amides is 1. The van der Waals surface area contributed by atoms with Crippen molar-refractivity contribution in [1.29, 1.82) is 5.26 Å². The average Bonchev–Trinajstić information content (AvgIpc) is 2.68. The minimum Gasteiger partial charge on any atom is -0.355 e. The lowest BCUT2D eigenvalue weighted by atomic mass is 9.96. The number of carbonyl (C=O) groups is 1. The van der Waals surface area contributed by atoms with Gasteiger partial charge in [-0.25, -0.2) is 4.98 Å². The van der Waals surface area contributed by atoms with Crippen molar-refractivity contribution in [3.05, 3.63) is 53.7 Å². The summed E-state index contributed by atoms with van der Waals surface area (Å²) < 4.78 is 39.7. The van der Waals surface area contributed by atoms with Gasteiger partial charge in [-0.15, -0.1) is 0 Å². The van der Waals surface area contributed by atoms with Crippen LogP contribution in [-0.2, 0) is 11.0 Å². The molecule has 0 spiro atoms. The first-order chi connectivity index (χ1) is 12.9. The molecule has 0 aliphatic carbocycles. The number of hydrogen-bond acceptors (Lipinski definition) is 4. The maximum absolute atomic E-state index is 13.2. The molecule has 1 aromatic heterocycles. The normalized spacial score (nSPS) is 17.3. The van der Waals surface area contributed by atoms with Crippen molar-refractivity contribution in [2.45, 2.75) is 19.0 Å². The number of nitrogens with zero attached hydrogens (tertiary/aromatic N) is 3. The molecule has 2 aromatic rings. The van der Waals surface area contributed by atoms with Crippen molar-refractivity contribution in [3.8, 4) is 6.07 Å². The zero-order chi connectivity index (χ0) is 19.4. The van der Waals surface area contributed by atoms with E-state index in [9.17, 15) is 18.0 Å². The third-order valence-electron chi connectivity index (χ3n) is 4.47. The first kappa shape index (κ1) is 18.7. The molecule has 1 aromatic carbocycles. The Labute approximate surface area is 154 Å². The van der Waals surface area contributed by atoms with Crippen LogP contribution in [0.3, 0.4) is 0 Å². The van der Waals surface area contributed by atoms with Crippen molar-refractivity contribution in [2.75, 3.05) is 23.3 Å². The van der Waals surface area contributed by atoms with E-state index in [1.165, 1.54) is 17.2 Å². The van der Waals surface area contributed by atoms with Gasteiger partial charge in [0.25, 0.3) is 0 Å². The van der Waals surface area contributed by atoms with Gasteiger partial charge in [-0.2, -0.15) is 18.4 Å². The molecule has 1 N–H and O–H groups in total. The number of carbonyl (C=O) groups excluding carboxylic acids is 1. The number of nitrogens with one attached hydrogen (secondary N) is 1. The highest BCUT2D eigenvalue weighted by molar-refractivity contribution is 5.93. The van der Waals surface area contributed by atoms with Crippen molar-refractivity contribution in [3.63, 3.8) is 0 Å². The molecular formula is C19H17F3N4O. The van der Waals surface area contributed by atoms with Gasteiger partial charge in [-0.3, -0.25) is 4.79 Å². The van der Waals surface area contributed by atoms with Crippen molar-refractivity contribution in [2.24, 2.45) is 5.92 Å². The number of hydrogen-bond donors (Lipinski definition) is 1. The summed E-state index contributed by atoms with van der Waals surface area (Å²) >= 11 is 0. The maximum atomic E-state index is 13.2. The molecule has 0 bridgehead atoms. The number of alkyl halides is 3. The number of rotatable bonds is 3. The van der Waals surface area contributed by atoms with Crippen LogP contribution in [0.2, 0.25) is 0 Å². The van der Waals surface area contributed by atoms with E-state index in [1.807, 2.05) is 6.07 Å². The molecule has 5 nitrogen and oxygen atoms in total. The Kier molecular flexibility index (Phi) is 5.31. The van der Waals surface area contributed by atoms with Gasteiger partial charge < -0.3 is 10.2 Å². The number of anilines is 2. The minimum atomic E-state index is -4.50. The summed E-state index contributed by atoms with van der Waals surface area (Å²) in [5, 5.41) is 11.6. The zero-order valence-electron chi connectivity index (χ0n) is 14.3. The molecule has 0 radical (unpaired) electrons. The lowest BCUT2D eigenvalue weighted by Gasteiger charge is -2.34. The fourth-order valence-corrected chi connectivity index (χ4v) is 3.13. The number of pyridine rings is 1. The van der Waals surface area contributed by atoms with Gasteiger partial charge in [0.2, 0.25) is 5.91 Å². The second-order valence-electron chi connectivity index (χ2n) is 6.34. The Morgan fingerprint density at radius 2 is 2.00 bits per heavy atom. The minimum absolute atomic E-state index is 0.138. The lowest BCUT2D eigenvalue weighted by Crippen LogP contribution is -2.42. The highest BCUT2D eigenvalue weighted by Crippen LogP contribution is 2.36. The van der Waals surface area contributed by atoms with Crippen LogP contribution in [0.4, 0.5) is 24.7 Å². The predicted octanol–water partition coefficient (Wildman–Crippen LogP) is 3.83. The van der Waals surface area contributed by atoms with Crippen LogP contribution < -0.4 is 10.2 Å². The largest absolute Gasteiger partial charge is 0.419 e. The molecule has 1 atom stereocenters. The maximum Gasteiger partial charge on any atom is 0.419 e. The summed E-state index contributed by atoms with van der Waals surface area (Å²) in [6.45, 7) is 0.586. The quantitative estimate of drug-likeness (QED) is 0.887. The van der Waals surface area contributed by atoms with Gasteiger partial charge in [-0.05, 0) is 49.2 Å². The first-order valence-electron chi connectivity index (χ1n) is 8.46. The van der Waals surface area contributed by atoms with Gasteiger partial charge in [0.05, 0.1) is 23.1 Å². The average molecular weight is 374 g/mol. The molecule has 1 aliphatic rings. The van der Waals surface area contributed by atoms with E-state index in [4.69, 9.17) is 5.26 Å². The second kappa shape index (κ2) is 7.66. The van der Waals surface area contributed by atoms with Gasteiger partial charge in [-0.1, -0.05) is 0 Å². The molecule has 1 amide bonds. The van der Waals surface area contributed by atoms with Crippen LogP contribution in [-0.4, -0.2) is 24.0 Å². The Morgan fingerprint density at radius 3 is 2.67 bits per heavy atom. The third kappa shape index (κ3) is 4.37. The van der Waals surface area contributed by atoms with Gasteiger partial charge in [0, 0.05) is 25.0 Å². The molecule has 8 heteroatoms. The first-order valence-corrected chi connectivity index (χ1v) is 8.46. The highest BCUT2D eigenvalue weighted by Gasteiger charge is 2.37. The summed E-state index contributed by atoms with van der Waals surface area (Å²) in [6, 6.07) is 10.7. The van der Waals surface area contributed by atoms with E-state index < -0.39 is 17.7 Å². The molecule has 1 aliphatic heterocycles. The van der Waals surface area contributed by atoms with Gasteiger partial charge in [0.15, 0.2) is 0 Å². The van der Waals surface area contributed by atoms with E-state index >= 15 is 0 Å². The van der Waals surface area contributed by atoms with Crippen LogP contribution in [0.15, 0.2) is 42.6 Å². The summed E-state index contributed by atoms with van der Waals surface area (Å²) in [5.74, 6) is -0.841. The Bertz CT molecular complexity index is 858. The van der Waals surface area contributed by atoms with Crippen molar-refractivity contribution < 1.29 is 18.0 Å². The second-order valence-corrected chi connectivity index (χ2v) is 6.34. The molecule has 1 saturated heterocycles. The summed E-state index contributed by atoms with van der Waals surface area (Å²) in [7, 11) is 0. The van der Waals surface area contributed by atoms with Crippen LogP contribution in [0.25, 0.3) is 0 Å². The van der Waals surface area contributed by atoms with Crippen LogP contribution >= 0.6 is 0 Å². The monoisotopic (exact) mass is 374 g/mol. The molecule has 1 fully saturated rings. The fourth-order valence-electron chi connectivity index (χ4n) is 3.13. The van der Waals surface area contributed by atoms with Gasteiger partial charge in [0.1, 0.15) is 5.82 Å². The summed E-state index contributed by atoms with van der Waals surface area (Å²) in [4.78, 5) is 18.0.